The van der Waals surface area contributed by atoms with Crippen LogP contribution < -0.4 is 10.9 Å². The standard InChI is InChI=1S/C21H30N6O/c1-15-12-16(2)24-21(23-15)22-14-18-7-3-4-9-26(18)10-11-27-20(28)13-17-6-5-8-19(17)25-27/h12-13,18H,3-11,14H2,1-2H3,(H,22,23,24). The van der Waals surface area contributed by atoms with Gasteiger partial charge >= 0.3 is 0 Å². The van der Waals surface area contributed by atoms with Crippen molar-refractivity contribution < 1.29 is 0 Å². The van der Waals surface area contributed by atoms with Crippen LogP contribution >= 0.6 is 0 Å². The van der Waals surface area contributed by atoms with Crippen LogP contribution in [-0.2, 0) is 19.4 Å². The van der Waals surface area contributed by atoms with Gasteiger partial charge in [-0.2, -0.15) is 5.10 Å². The lowest BCUT2D eigenvalue weighted by Crippen LogP contribution is -2.45. The zero-order valence-electron chi connectivity index (χ0n) is 16.9. The zero-order chi connectivity index (χ0) is 19.5. The molecule has 7 heteroatoms. The smallest absolute Gasteiger partial charge is 0.267 e. The van der Waals surface area contributed by atoms with Gasteiger partial charge in [0, 0.05) is 36.6 Å². The number of anilines is 1. The molecule has 1 fully saturated rings. The molecule has 3 heterocycles. The van der Waals surface area contributed by atoms with Gasteiger partial charge in [-0.3, -0.25) is 9.69 Å². The summed E-state index contributed by atoms with van der Waals surface area (Å²) in [6.07, 6.45) is 6.73. The van der Waals surface area contributed by atoms with Crippen LogP contribution in [0.1, 0.15) is 48.3 Å². The van der Waals surface area contributed by atoms with Crippen molar-refractivity contribution in [3.8, 4) is 0 Å². The molecule has 0 spiro atoms. The maximum absolute atomic E-state index is 12.4. The van der Waals surface area contributed by atoms with Crippen molar-refractivity contribution in [2.24, 2.45) is 0 Å². The van der Waals surface area contributed by atoms with Crippen LogP contribution in [0.25, 0.3) is 0 Å². The van der Waals surface area contributed by atoms with E-state index in [2.05, 4.69) is 25.3 Å². The summed E-state index contributed by atoms with van der Waals surface area (Å²) >= 11 is 0. The molecule has 2 aromatic rings. The lowest BCUT2D eigenvalue weighted by atomic mass is 10.0. The second-order valence-corrected chi connectivity index (χ2v) is 8.07. The monoisotopic (exact) mass is 382 g/mol. The van der Waals surface area contributed by atoms with Gasteiger partial charge in [-0.05, 0) is 64.1 Å². The molecule has 1 saturated heterocycles. The molecule has 28 heavy (non-hydrogen) atoms. The third-order valence-corrected chi connectivity index (χ3v) is 5.85. The van der Waals surface area contributed by atoms with Crippen LogP contribution in [0.4, 0.5) is 5.95 Å². The minimum absolute atomic E-state index is 0.0379. The van der Waals surface area contributed by atoms with Gasteiger partial charge in [0.25, 0.3) is 5.56 Å². The average molecular weight is 383 g/mol. The Balaban J connectivity index is 1.38. The lowest BCUT2D eigenvalue weighted by molar-refractivity contribution is 0.147. The summed E-state index contributed by atoms with van der Waals surface area (Å²) in [7, 11) is 0. The Bertz CT molecular complexity index is 873. The fourth-order valence-electron chi connectivity index (χ4n) is 4.42. The predicted octanol–water partition coefficient (Wildman–Crippen LogP) is 2.11. The highest BCUT2D eigenvalue weighted by molar-refractivity contribution is 5.28. The maximum atomic E-state index is 12.4. The van der Waals surface area contributed by atoms with E-state index in [9.17, 15) is 4.79 Å². The summed E-state index contributed by atoms with van der Waals surface area (Å²) in [5.74, 6) is 0.708. The minimum atomic E-state index is 0.0379. The Morgan fingerprint density at radius 2 is 1.89 bits per heavy atom. The number of hydrogen-bond donors (Lipinski definition) is 1. The molecule has 2 aromatic heterocycles. The number of piperidine rings is 1. The van der Waals surface area contributed by atoms with Gasteiger partial charge in [-0.25, -0.2) is 14.6 Å². The first-order valence-electron chi connectivity index (χ1n) is 10.5. The first kappa shape index (κ1) is 19.1. The topological polar surface area (TPSA) is 75.9 Å². The van der Waals surface area contributed by atoms with Crippen molar-refractivity contribution in [3.63, 3.8) is 0 Å². The number of nitrogens with one attached hydrogen (secondary N) is 1. The highest BCUT2D eigenvalue weighted by Crippen LogP contribution is 2.19. The van der Waals surface area contributed by atoms with Crippen LogP contribution in [0.2, 0.25) is 0 Å². The average Bonchev–Trinajstić information content (AvgIpc) is 3.11. The van der Waals surface area contributed by atoms with E-state index in [-0.39, 0.29) is 5.56 Å². The van der Waals surface area contributed by atoms with E-state index in [0.29, 0.717) is 18.5 Å². The number of fused-ring (bicyclic) bond motifs is 1. The fourth-order valence-corrected chi connectivity index (χ4v) is 4.42. The van der Waals surface area contributed by atoms with E-state index in [1.807, 2.05) is 19.9 Å². The Morgan fingerprint density at radius 3 is 2.71 bits per heavy atom. The number of nitrogens with zero attached hydrogens (tertiary/aromatic N) is 5. The molecule has 0 bridgehead atoms. The highest BCUT2D eigenvalue weighted by Gasteiger charge is 2.23. The van der Waals surface area contributed by atoms with Gasteiger partial charge in [0.1, 0.15) is 0 Å². The maximum Gasteiger partial charge on any atom is 0.267 e. The minimum Gasteiger partial charge on any atom is -0.353 e. The Labute approximate surface area is 166 Å². The van der Waals surface area contributed by atoms with Crippen molar-refractivity contribution in [1.29, 1.82) is 0 Å². The second kappa shape index (κ2) is 8.39. The largest absolute Gasteiger partial charge is 0.353 e. The molecule has 150 valence electrons. The molecule has 4 rings (SSSR count). The van der Waals surface area contributed by atoms with Crippen molar-refractivity contribution in [2.45, 2.75) is 65.0 Å². The summed E-state index contributed by atoms with van der Waals surface area (Å²) in [4.78, 5) is 23.8. The van der Waals surface area contributed by atoms with Gasteiger partial charge in [-0.15, -0.1) is 0 Å². The van der Waals surface area contributed by atoms with Crippen LogP contribution in [0.15, 0.2) is 16.9 Å². The summed E-state index contributed by atoms with van der Waals surface area (Å²) < 4.78 is 1.66. The molecule has 0 radical (unpaired) electrons. The first-order chi connectivity index (χ1) is 13.6. The molecule has 1 unspecified atom stereocenters. The molecule has 1 atom stereocenters. The van der Waals surface area contributed by atoms with E-state index in [1.54, 1.807) is 10.7 Å². The van der Waals surface area contributed by atoms with Gasteiger partial charge < -0.3 is 5.32 Å². The molecular formula is C21H30N6O. The molecule has 1 N–H and O–H groups in total. The lowest BCUT2D eigenvalue weighted by Gasteiger charge is -2.35. The van der Waals surface area contributed by atoms with Crippen LogP contribution in [0, 0.1) is 13.8 Å². The predicted molar refractivity (Wildman–Crippen MR) is 110 cm³/mol. The molecule has 2 aliphatic rings. The second-order valence-electron chi connectivity index (χ2n) is 8.07. The molecule has 0 saturated carbocycles. The number of aryl methyl sites for hydroxylation is 4. The third-order valence-electron chi connectivity index (χ3n) is 5.85. The molecule has 0 amide bonds. The fraction of sp³-hybridized carbons (Fsp3) is 0.619. The zero-order valence-corrected chi connectivity index (χ0v) is 16.9. The molecule has 7 nitrogen and oxygen atoms in total. The van der Waals surface area contributed by atoms with Crippen molar-refractivity contribution in [1.82, 2.24) is 24.6 Å². The number of hydrogen-bond acceptors (Lipinski definition) is 6. The number of rotatable bonds is 6. The Morgan fingerprint density at radius 1 is 1.07 bits per heavy atom. The van der Waals surface area contributed by atoms with E-state index >= 15 is 0 Å². The summed E-state index contributed by atoms with van der Waals surface area (Å²) in [5.41, 5.74) is 4.27. The molecule has 1 aliphatic carbocycles. The SMILES string of the molecule is Cc1cc(C)nc(NCC2CCCCN2CCn2nc3c(cc2=O)CCC3)n1. The summed E-state index contributed by atoms with van der Waals surface area (Å²) in [5, 5.41) is 8.04. The van der Waals surface area contributed by atoms with Crippen LogP contribution in [0.3, 0.4) is 0 Å². The van der Waals surface area contributed by atoms with Crippen molar-refractivity contribution in [3.05, 3.63) is 45.1 Å². The third kappa shape index (κ3) is 4.41. The van der Waals surface area contributed by atoms with Gasteiger partial charge in [0.15, 0.2) is 0 Å². The Hall–Kier alpha value is -2.28. The number of aromatic nitrogens is 4. The normalized spacial score (nSPS) is 19.6. The first-order valence-corrected chi connectivity index (χ1v) is 10.5. The van der Waals surface area contributed by atoms with Crippen LogP contribution in [0.5, 0.6) is 0 Å². The van der Waals surface area contributed by atoms with E-state index < -0.39 is 0 Å². The molecular weight excluding hydrogens is 352 g/mol. The van der Waals surface area contributed by atoms with Gasteiger partial charge in [0.2, 0.25) is 5.95 Å². The van der Waals surface area contributed by atoms with Gasteiger partial charge in [0.05, 0.1) is 12.2 Å². The van der Waals surface area contributed by atoms with Crippen LogP contribution in [-0.4, -0.2) is 50.3 Å². The van der Waals surface area contributed by atoms with E-state index in [1.165, 1.54) is 12.8 Å². The van der Waals surface area contributed by atoms with Crippen molar-refractivity contribution in [2.75, 3.05) is 25.0 Å². The number of likely N-dealkylation sites (tertiary alicyclic amines) is 1. The highest BCUT2D eigenvalue weighted by atomic mass is 16.1. The Kier molecular flexibility index (Phi) is 5.71. The quantitative estimate of drug-likeness (QED) is 0.825. The summed E-state index contributed by atoms with van der Waals surface area (Å²) in [6.45, 7) is 7.39. The van der Waals surface area contributed by atoms with E-state index in [4.69, 9.17) is 0 Å². The molecule has 1 aliphatic heterocycles. The van der Waals surface area contributed by atoms with Gasteiger partial charge in [-0.1, -0.05) is 6.42 Å². The van der Waals surface area contributed by atoms with E-state index in [0.717, 1.165) is 68.0 Å². The summed E-state index contributed by atoms with van der Waals surface area (Å²) in [6, 6.07) is 4.21. The molecule has 0 aromatic carbocycles. The van der Waals surface area contributed by atoms with Crippen molar-refractivity contribution >= 4 is 5.95 Å².